The van der Waals surface area contributed by atoms with Gasteiger partial charge in [0.15, 0.2) is 5.78 Å². The van der Waals surface area contributed by atoms with Crippen LogP contribution in [0.1, 0.15) is 27.0 Å². The molecule has 0 fully saturated rings. The summed E-state index contributed by atoms with van der Waals surface area (Å²) < 4.78 is 8.42. The lowest BCUT2D eigenvalue weighted by atomic mass is 9.89. The van der Waals surface area contributed by atoms with Crippen molar-refractivity contribution >= 4 is 45.8 Å². The number of anilines is 1. The molecule has 7 heteroatoms. The molecule has 0 spiro atoms. The molecule has 0 amide bonds. The highest BCUT2D eigenvalue weighted by Gasteiger charge is 2.24. The van der Waals surface area contributed by atoms with E-state index in [-0.39, 0.29) is 23.4 Å². The topological polar surface area (TPSA) is 83.4 Å². The molecule has 1 N–H and O–H groups in total. The summed E-state index contributed by atoms with van der Waals surface area (Å²) in [4.78, 5) is 28.1. The summed E-state index contributed by atoms with van der Waals surface area (Å²) in [5, 5.41) is 10.2. The Hall–Kier alpha value is -3.84. The van der Waals surface area contributed by atoms with E-state index in [1.807, 2.05) is 62.3 Å². The number of fused-ring (bicyclic) bond motifs is 1. The quantitative estimate of drug-likeness (QED) is 0.310. The van der Waals surface area contributed by atoms with Gasteiger partial charge in [0, 0.05) is 37.3 Å². The number of hydrogen-bond donors (Lipinski definition) is 1. The fourth-order valence-corrected chi connectivity index (χ4v) is 4.19. The Balaban J connectivity index is 1.90. The highest BCUT2D eigenvalue weighted by molar-refractivity contribution is 7.00. The average Bonchev–Trinajstić information content (AvgIpc) is 3.27. The van der Waals surface area contributed by atoms with Crippen molar-refractivity contribution in [1.29, 1.82) is 0 Å². The van der Waals surface area contributed by atoms with E-state index in [2.05, 4.69) is 8.75 Å². The number of aliphatic carboxylic acids is 1. The maximum Gasteiger partial charge on any atom is 0.336 e. The zero-order chi connectivity index (χ0) is 23.5. The number of carbonyl (C=O) groups is 2. The Labute approximate surface area is 196 Å². The van der Waals surface area contributed by atoms with Crippen LogP contribution in [-0.4, -0.2) is 39.7 Å². The minimum Gasteiger partial charge on any atom is -0.478 e. The van der Waals surface area contributed by atoms with Gasteiger partial charge in [0.2, 0.25) is 0 Å². The first-order valence-corrected chi connectivity index (χ1v) is 11.1. The molecule has 1 heterocycles. The van der Waals surface area contributed by atoms with Crippen LogP contribution in [0.25, 0.3) is 16.6 Å². The van der Waals surface area contributed by atoms with Crippen LogP contribution in [0.15, 0.2) is 72.3 Å². The Morgan fingerprint density at radius 1 is 0.909 bits per heavy atom. The van der Waals surface area contributed by atoms with Crippen LogP contribution < -0.4 is 4.90 Å². The number of Topliss-reactive ketones (excluding diaryl/α,β-unsaturated/α-hetero) is 1. The van der Waals surface area contributed by atoms with Crippen molar-refractivity contribution < 1.29 is 14.7 Å². The number of ketones is 1. The van der Waals surface area contributed by atoms with Gasteiger partial charge in [-0.25, -0.2) is 4.79 Å². The van der Waals surface area contributed by atoms with E-state index in [0.717, 1.165) is 28.5 Å². The predicted octanol–water partition coefficient (Wildman–Crippen LogP) is 5.03. The first-order valence-electron chi connectivity index (χ1n) is 10.4. The lowest BCUT2D eigenvalue weighted by Crippen LogP contribution is -2.14. The number of carboxylic acids is 1. The molecule has 0 bridgehead atoms. The minimum absolute atomic E-state index is 0.0225. The fourth-order valence-electron chi connectivity index (χ4n) is 3.67. The monoisotopic (exact) mass is 457 g/mol. The van der Waals surface area contributed by atoms with Crippen molar-refractivity contribution in [3.8, 4) is 0 Å². The number of hydrogen-bond acceptors (Lipinski definition) is 6. The van der Waals surface area contributed by atoms with E-state index in [1.54, 1.807) is 30.3 Å². The van der Waals surface area contributed by atoms with Crippen LogP contribution in [-0.2, 0) is 11.2 Å². The van der Waals surface area contributed by atoms with Gasteiger partial charge < -0.3 is 10.0 Å². The van der Waals surface area contributed by atoms with E-state index in [1.165, 1.54) is 0 Å². The van der Waals surface area contributed by atoms with Crippen LogP contribution in [0.2, 0.25) is 0 Å². The first kappa shape index (κ1) is 22.4. The average molecular weight is 458 g/mol. The molecule has 0 radical (unpaired) electrons. The van der Waals surface area contributed by atoms with Crippen molar-refractivity contribution in [1.82, 2.24) is 8.75 Å². The molecular weight excluding hydrogens is 434 g/mol. The first-order chi connectivity index (χ1) is 15.8. The zero-order valence-corrected chi connectivity index (χ0v) is 19.4. The van der Waals surface area contributed by atoms with Gasteiger partial charge in [0.25, 0.3) is 0 Å². The summed E-state index contributed by atoms with van der Waals surface area (Å²) in [6.45, 7) is 1.94. The van der Waals surface area contributed by atoms with Gasteiger partial charge in [0.1, 0.15) is 11.0 Å². The highest BCUT2D eigenvalue weighted by Crippen LogP contribution is 2.28. The fraction of sp³-hybridized carbons (Fsp3) is 0.154. The molecule has 0 atom stereocenters. The number of carboxylic acid groups (broad SMARTS) is 1. The standard InChI is InChI=1S/C26H23N3O3S/c1-16-7-9-18(10-8-16)25(30)21(14-17-5-4-6-20(13-17)29(2)3)24(26(31)32)19-11-12-22-23(15-19)28-33-27-22/h4-13,15H,14H2,1-3H3,(H,31,32). The molecule has 6 nitrogen and oxygen atoms in total. The molecule has 1 aromatic heterocycles. The van der Waals surface area contributed by atoms with E-state index in [4.69, 9.17) is 0 Å². The molecule has 0 aliphatic carbocycles. The molecule has 0 saturated heterocycles. The predicted molar refractivity (Wildman–Crippen MR) is 132 cm³/mol. The smallest absolute Gasteiger partial charge is 0.336 e. The van der Waals surface area contributed by atoms with Gasteiger partial charge in [0.05, 0.1) is 17.3 Å². The third kappa shape index (κ3) is 4.83. The molecule has 4 aromatic rings. The van der Waals surface area contributed by atoms with E-state index in [0.29, 0.717) is 22.2 Å². The van der Waals surface area contributed by atoms with E-state index in [9.17, 15) is 14.7 Å². The Bertz CT molecular complexity index is 1370. The van der Waals surface area contributed by atoms with Gasteiger partial charge in [-0.05, 0) is 42.3 Å². The highest BCUT2D eigenvalue weighted by atomic mass is 32.1. The van der Waals surface area contributed by atoms with Crippen LogP contribution >= 0.6 is 11.7 Å². The number of rotatable bonds is 7. The van der Waals surface area contributed by atoms with Gasteiger partial charge in [-0.1, -0.05) is 48.0 Å². The number of carbonyl (C=O) groups excluding carboxylic acids is 1. The second-order valence-corrected chi connectivity index (χ2v) is 8.59. The van der Waals surface area contributed by atoms with E-state index < -0.39 is 5.97 Å². The number of benzene rings is 3. The third-order valence-electron chi connectivity index (χ3n) is 5.45. The number of allylic oxidation sites excluding steroid dienone is 1. The molecule has 0 saturated carbocycles. The minimum atomic E-state index is -1.16. The van der Waals surface area contributed by atoms with Crippen molar-refractivity contribution in [3.05, 3.63) is 94.6 Å². The molecular formula is C26H23N3O3S. The molecule has 0 unspecified atom stereocenters. The Kier molecular flexibility index (Phi) is 6.33. The third-order valence-corrected chi connectivity index (χ3v) is 6.01. The Morgan fingerprint density at radius 2 is 1.61 bits per heavy atom. The summed E-state index contributed by atoms with van der Waals surface area (Å²) in [5.41, 5.74) is 5.24. The molecule has 0 aliphatic rings. The van der Waals surface area contributed by atoms with Crippen molar-refractivity contribution in [2.75, 3.05) is 19.0 Å². The van der Waals surface area contributed by atoms with Crippen molar-refractivity contribution in [2.24, 2.45) is 0 Å². The second-order valence-electron chi connectivity index (χ2n) is 8.06. The summed E-state index contributed by atoms with van der Waals surface area (Å²) in [6, 6.07) is 20.0. The van der Waals surface area contributed by atoms with Crippen LogP contribution in [0.4, 0.5) is 5.69 Å². The van der Waals surface area contributed by atoms with Gasteiger partial charge in [-0.2, -0.15) is 8.75 Å². The van der Waals surface area contributed by atoms with Crippen LogP contribution in [0.3, 0.4) is 0 Å². The molecule has 3 aromatic carbocycles. The molecule has 4 rings (SSSR count). The van der Waals surface area contributed by atoms with Crippen LogP contribution in [0, 0.1) is 6.92 Å². The molecule has 33 heavy (non-hydrogen) atoms. The normalized spacial score (nSPS) is 11.8. The SMILES string of the molecule is Cc1ccc(C(=O)C(Cc2cccc(N(C)C)c2)=C(C(=O)O)c2ccc3nsnc3c2)cc1. The lowest BCUT2D eigenvalue weighted by molar-refractivity contribution is -0.130. The number of nitrogens with zero attached hydrogens (tertiary/aromatic N) is 3. The molecule has 0 aliphatic heterocycles. The maximum absolute atomic E-state index is 13.7. The van der Waals surface area contributed by atoms with Gasteiger partial charge >= 0.3 is 5.97 Å². The second kappa shape index (κ2) is 9.34. The summed E-state index contributed by atoms with van der Waals surface area (Å²) in [5.74, 6) is -1.46. The largest absolute Gasteiger partial charge is 0.478 e. The number of aryl methyl sites for hydroxylation is 1. The molecule has 166 valence electrons. The van der Waals surface area contributed by atoms with E-state index >= 15 is 0 Å². The Morgan fingerprint density at radius 3 is 2.30 bits per heavy atom. The summed E-state index contributed by atoms with van der Waals surface area (Å²) >= 11 is 1.07. The van der Waals surface area contributed by atoms with Gasteiger partial charge in [-0.15, -0.1) is 0 Å². The van der Waals surface area contributed by atoms with Crippen molar-refractivity contribution in [2.45, 2.75) is 13.3 Å². The number of aromatic nitrogens is 2. The maximum atomic E-state index is 13.7. The van der Waals surface area contributed by atoms with Crippen LogP contribution in [0.5, 0.6) is 0 Å². The summed E-state index contributed by atoms with van der Waals surface area (Å²) in [7, 11) is 3.88. The van der Waals surface area contributed by atoms with Gasteiger partial charge in [-0.3, -0.25) is 4.79 Å². The van der Waals surface area contributed by atoms with Crippen molar-refractivity contribution in [3.63, 3.8) is 0 Å². The zero-order valence-electron chi connectivity index (χ0n) is 18.6. The lowest BCUT2D eigenvalue weighted by Gasteiger charge is -2.16. The summed E-state index contributed by atoms with van der Waals surface area (Å²) in [6.07, 6.45) is 0.184.